The van der Waals surface area contributed by atoms with Gasteiger partial charge in [0.1, 0.15) is 0 Å². The van der Waals surface area contributed by atoms with E-state index in [1.54, 1.807) is 25.6 Å². The summed E-state index contributed by atoms with van der Waals surface area (Å²) in [6.45, 7) is 3.65. The molecule has 0 amide bonds. The zero-order chi connectivity index (χ0) is 16.8. The number of aromatic nitrogens is 3. The molecule has 1 fully saturated rings. The minimum atomic E-state index is 0. The maximum Gasteiger partial charge on any atom is 0.225 e. The smallest absolute Gasteiger partial charge is 0.225 e. The zero-order valence-electron chi connectivity index (χ0n) is 14.1. The number of hydrogen-bond donors (Lipinski definition) is 1. The van der Waals surface area contributed by atoms with Crippen LogP contribution in [0.2, 0.25) is 0 Å². The summed E-state index contributed by atoms with van der Waals surface area (Å²) in [5.41, 5.74) is 6.95. The highest BCUT2D eigenvalue weighted by atomic mass is 127. The Labute approximate surface area is 164 Å². The number of methoxy groups -OCH3 is 1. The largest absolute Gasteiger partial charge is 0.481 e. The quantitative estimate of drug-likeness (QED) is 0.420. The third kappa shape index (κ3) is 5.15. The maximum atomic E-state index is 6.12. The minimum absolute atomic E-state index is 0. The van der Waals surface area contributed by atoms with Crippen LogP contribution < -0.4 is 15.4 Å². The topological polar surface area (TPSA) is 92.8 Å². The number of halogens is 1. The number of guanidine groups is 1. The number of hydrogen-bond acceptors (Lipinski definition) is 6. The molecule has 0 bridgehead atoms. The number of pyridine rings is 1. The third-order valence-corrected chi connectivity index (χ3v) is 3.83. The van der Waals surface area contributed by atoms with E-state index in [1.807, 2.05) is 18.2 Å². The molecule has 0 saturated carbocycles. The van der Waals surface area contributed by atoms with E-state index >= 15 is 0 Å². The molecular formula is C16H22IN7O. The molecule has 2 aromatic heterocycles. The van der Waals surface area contributed by atoms with Crippen molar-refractivity contribution < 1.29 is 4.74 Å². The molecule has 0 atom stereocenters. The van der Waals surface area contributed by atoms with E-state index in [2.05, 4.69) is 29.7 Å². The molecule has 1 aliphatic rings. The molecule has 134 valence electrons. The van der Waals surface area contributed by atoms with Crippen molar-refractivity contribution in [2.75, 3.05) is 38.2 Å². The van der Waals surface area contributed by atoms with Gasteiger partial charge in [0.05, 0.1) is 19.3 Å². The minimum Gasteiger partial charge on any atom is -0.481 e. The van der Waals surface area contributed by atoms with Crippen LogP contribution in [0.5, 0.6) is 5.88 Å². The number of nitrogens with two attached hydrogens (primary N) is 1. The van der Waals surface area contributed by atoms with E-state index in [1.165, 1.54) is 0 Å². The van der Waals surface area contributed by atoms with Crippen molar-refractivity contribution in [1.29, 1.82) is 0 Å². The van der Waals surface area contributed by atoms with Crippen LogP contribution in [0.1, 0.15) is 5.69 Å². The van der Waals surface area contributed by atoms with Gasteiger partial charge >= 0.3 is 0 Å². The van der Waals surface area contributed by atoms with Gasteiger partial charge in [0.15, 0.2) is 5.96 Å². The van der Waals surface area contributed by atoms with Crippen LogP contribution in [0, 0.1) is 0 Å². The predicted molar refractivity (Wildman–Crippen MR) is 107 cm³/mol. The predicted octanol–water partition coefficient (Wildman–Crippen LogP) is 1.14. The van der Waals surface area contributed by atoms with Crippen LogP contribution in [0.4, 0.5) is 5.95 Å². The number of anilines is 1. The summed E-state index contributed by atoms with van der Waals surface area (Å²) in [4.78, 5) is 21.5. The molecule has 3 rings (SSSR count). The Morgan fingerprint density at radius 3 is 2.56 bits per heavy atom. The first-order valence-corrected chi connectivity index (χ1v) is 7.83. The van der Waals surface area contributed by atoms with Crippen molar-refractivity contribution in [3.8, 4) is 5.88 Å². The van der Waals surface area contributed by atoms with Crippen LogP contribution in [0.15, 0.2) is 41.7 Å². The van der Waals surface area contributed by atoms with Crippen molar-refractivity contribution in [1.82, 2.24) is 19.9 Å². The van der Waals surface area contributed by atoms with Gasteiger partial charge in [-0.15, -0.1) is 24.0 Å². The molecule has 0 unspecified atom stereocenters. The van der Waals surface area contributed by atoms with E-state index in [0.717, 1.165) is 37.8 Å². The first-order chi connectivity index (χ1) is 11.8. The second-order valence-electron chi connectivity index (χ2n) is 5.37. The molecule has 3 heterocycles. The summed E-state index contributed by atoms with van der Waals surface area (Å²) in [5.74, 6) is 1.87. The molecule has 0 aliphatic carbocycles. The lowest BCUT2D eigenvalue weighted by Gasteiger charge is -2.35. The van der Waals surface area contributed by atoms with Gasteiger partial charge in [0.25, 0.3) is 0 Å². The van der Waals surface area contributed by atoms with Crippen molar-refractivity contribution in [3.63, 3.8) is 0 Å². The molecule has 8 nitrogen and oxygen atoms in total. The fourth-order valence-electron chi connectivity index (χ4n) is 2.51. The summed E-state index contributed by atoms with van der Waals surface area (Å²) in [5, 5.41) is 0. The fraction of sp³-hybridized carbons (Fsp3) is 0.375. The third-order valence-electron chi connectivity index (χ3n) is 3.83. The molecule has 25 heavy (non-hydrogen) atoms. The second kappa shape index (κ2) is 9.35. The van der Waals surface area contributed by atoms with Gasteiger partial charge in [-0.25, -0.2) is 19.9 Å². The van der Waals surface area contributed by atoms with E-state index in [-0.39, 0.29) is 24.0 Å². The summed E-state index contributed by atoms with van der Waals surface area (Å²) in [6, 6.07) is 7.42. The van der Waals surface area contributed by atoms with E-state index < -0.39 is 0 Å². The Bertz CT molecular complexity index is 690. The van der Waals surface area contributed by atoms with Crippen molar-refractivity contribution in [2.45, 2.75) is 6.54 Å². The fourth-order valence-corrected chi connectivity index (χ4v) is 2.51. The standard InChI is InChI=1S/C16H21N7O.HI/c1-24-14-5-2-4-13(21-14)12-20-15(17)22-8-10-23(11-9-22)16-18-6-3-7-19-16;/h2-7H,8-12H2,1H3,(H2,17,20);1H. The number of ether oxygens (including phenoxy) is 1. The number of piperazine rings is 1. The number of rotatable bonds is 4. The van der Waals surface area contributed by atoms with Crippen molar-refractivity contribution in [3.05, 3.63) is 42.4 Å². The zero-order valence-corrected chi connectivity index (χ0v) is 16.4. The Balaban J connectivity index is 0.00000225. The van der Waals surface area contributed by atoms with Gasteiger partial charge in [-0.05, 0) is 12.1 Å². The second-order valence-corrected chi connectivity index (χ2v) is 5.37. The normalized spacial score (nSPS) is 14.8. The van der Waals surface area contributed by atoms with Gasteiger partial charge in [-0.1, -0.05) is 6.07 Å². The van der Waals surface area contributed by atoms with Gasteiger partial charge in [0.2, 0.25) is 11.8 Å². The molecule has 0 spiro atoms. The average molecular weight is 455 g/mol. The molecular weight excluding hydrogens is 433 g/mol. The van der Waals surface area contributed by atoms with Crippen LogP contribution in [0.25, 0.3) is 0 Å². The Hall–Kier alpha value is -2.17. The first-order valence-electron chi connectivity index (χ1n) is 7.83. The highest BCUT2D eigenvalue weighted by Crippen LogP contribution is 2.10. The first kappa shape index (κ1) is 19.2. The summed E-state index contributed by atoms with van der Waals surface area (Å²) < 4.78 is 5.11. The van der Waals surface area contributed by atoms with Crippen LogP contribution in [0.3, 0.4) is 0 Å². The monoisotopic (exact) mass is 455 g/mol. The molecule has 9 heteroatoms. The molecule has 2 aromatic rings. The number of aliphatic imine (C=N–C) groups is 1. The SMILES string of the molecule is COc1cccc(CN=C(N)N2CCN(c3ncccn3)CC2)n1.I. The summed E-state index contributed by atoms with van der Waals surface area (Å²) in [7, 11) is 1.60. The molecule has 0 aromatic carbocycles. The Morgan fingerprint density at radius 1 is 1.16 bits per heavy atom. The molecule has 2 N–H and O–H groups in total. The van der Waals surface area contributed by atoms with E-state index in [0.29, 0.717) is 18.4 Å². The lowest BCUT2D eigenvalue weighted by atomic mass is 10.3. The number of nitrogens with zero attached hydrogens (tertiary/aromatic N) is 6. The maximum absolute atomic E-state index is 6.12. The van der Waals surface area contributed by atoms with Crippen LogP contribution in [-0.2, 0) is 6.54 Å². The lowest BCUT2D eigenvalue weighted by Crippen LogP contribution is -2.51. The van der Waals surface area contributed by atoms with Gasteiger partial charge in [-0.3, -0.25) is 0 Å². The Kier molecular flexibility index (Phi) is 7.16. The molecule has 0 radical (unpaired) electrons. The summed E-state index contributed by atoms with van der Waals surface area (Å²) in [6.07, 6.45) is 3.51. The average Bonchev–Trinajstić information content (AvgIpc) is 2.67. The van der Waals surface area contributed by atoms with Crippen molar-refractivity contribution in [2.24, 2.45) is 10.7 Å². The molecule has 1 saturated heterocycles. The lowest BCUT2D eigenvalue weighted by molar-refractivity contribution is 0.377. The Morgan fingerprint density at radius 2 is 1.88 bits per heavy atom. The van der Waals surface area contributed by atoms with E-state index in [4.69, 9.17) is 10.5 Å². The summed E-state index contributed by atoms with van der Waals surface area (Å²) >= 11 is 0. The highest BCUT2D eigenvalue weighted by Gasteiger charge is 2.19. The highest BCUT2D eigenvalue weighted by molar-refractivity contribution is 14.0. The van der Waals surface area contributed by atoms with Gasteiger partial charge < -0.3 is 20.3 Å². The van der Waals surface area contributed by atoms with E-state index in [9.17, 15) is 0 Å². The molecule has 1 aliphatic heterocycles. The van der Waals surface area contributed by atoms with Crippen molar-refractivity contribution >= 4 is 35.9 Å². The van der Waals surface area contributed by atoms with Gasteiger partial charge in [0, 0.05) is 44.6 Å². The van der Waals surface area contributed by atoms with Crippen LogP contribution >= 0.6 is 24.0 Å². The van der Waals surface area contributed by atoms with Crippen LogP contribution in [-0.4, -0.2) is 59.1 Å². The van der Waals surface area contributed by atoms with Gasteiger partial charge in [-0.2, -0.15) is 0 Å².